The number of hydrogen-bond acceptors (Lipinski definition) is 3. The van der Waals surface area contributed by atoms with Gasteiger partial charge in [0.15, 0.2) is 0 Å². The first-order valence-corrected chi connectivity index (χ1v) is 5.55. The summed E-state index contributed by atoms with van der Waals surface area (Å²) in [5, 5.41) is 7.58. The highest BCUT2D eigenvalue weighted by Crippen LogP contribution is 2.21. The fourth-order valence-electron chi connectivity index (χ4n) is 1.71. The lowest BCUT2D eigenvalue weighted by Gasteiger charge is -2.02. The Labute approximate surface area is 99.5 Å². The first kappa shape index (κ1) is 11.7. The van der Waals surface area contributed by atoms with Gasteiger partial charge < -0.3 is 5.32 Å². The number of pyridine rings is 1. The SMILES string of the molecule is CCNCc1cn(C)nc1-c1cncc(F)c1. The highest BCUT2D eigenvalue weighted by Gasteiger charge is 2.10. The smallest absolute Gasteiger partial charge is 0.142 e. The Kier molecular flexibility index (Phi) is 3.49. The molecule has 0 bridgehead atoms. The molecule has 0 atom stereocenters. The van der Waals surface area contributed by atoms with Crippen molar-refractivity contribution in [2.45, 2.75) is 13.5 Å². The van der Waals surface area contributed by atoms with Gasteiger partial charge in [-0.2, -0.15) is 5.10 Å². The van der Waals surface area contributed by atoms with E-state index in [1.807, 2.05) is 20.2 Å². The lowest BCUT2D eigenvalue weighted by atomic mass is 10.1. The van der Waals surface area contributed by atoms with Gasteiger partial charge in [-0.15, -0.1) is 0 Å². The largest absolute Gasteiger partial charge is 0.313 e. The van der Waals surface area contributed by atoms with Crippen LogP contribution < -0.4 is 5.32 Å². The van der Waals surface area contributed by atoms with Gasteiger partial charge in [0.05, 0.1) is 11.9 Å². The Morgan fingerprint density at radius 3 is 2.94 bits per heavy atom. The van der Waals surface area contributed by atoms with Crippen LogP contribution in [0, 0.1) is 5.82 Å². The van der Waals surface area contributed by atoms with Gasteiger partial charge in [-0.1, -0.05) is 6.92 Å². The predicted octanol–water partition coefficient (Wildman–Crippen LogP) is 1.73. The third kappa shape index (κ3) is 2.68. The van der Waals surface area contributed by atoms with E-state index < -0.39 is 0 Å². The molecule has 0 aromatic carbocycles. The Morgan fingerprint density at radius 1 is 1.41 bits per heavy atom. The number of rotatable bonds is 4. The van der Waals surface area contributed by atoms with Crippen LogP contribution in [0.15, 0.2) is 24.7 Å². The molecule has 0 saturated carbocycles. The topological polar surface area (TPSA) is 42.7 Å². The van der Waals surface area contributed by atoms with Gasteiger partial charge in [-0.25, -0.2) is 4.39 Å². The van der Waals surface area contributed by atoms with Gasteiger partial charge in [0.2, 0.25) is 0 Å². The van der Waals surface area contributed by atoms with Gasteiger partial charge in [-0.05, 0) is 12.6 Å². The standard InChI is InChI=1S/C12H15FN4/c1-3-14-6-10-8-17(2)16-12(10)9-4-11(13)7-15-5-9/h4-5,7-8,14H,3,6H2,1-2H3. The maximum absolute atomic E-state index is 13.1. The van der Waals surface area contributed by atoms with Crippen LogP contribution in [-0.4, -0.2) is 21.3 Å². The summed E-state index contributed by atoms with van der Waals surface area (Å²) < 4.78 is 14.9. The van der Waals surface area contributed by atoms with E-state index in [0.29, 0.717) is 5.56 Å². The lowest BCUT2D eigenvalue weighted by Crippen LogP contribution is -2.11. The number of hydrogen-bond donors (Lipinski definition) is 1. The second kappa shape index (κ2) is 5.05. The van der Waals surface area contributed by atoms with Gasteiger partial charge in [-0.3, -0.25) is 9.67 Å². The zero-order valence-electron chi connectivity index (χ0n) is 9.94. The van der Waals surface area contributed by atoms with Crippen LogP contribution in [0.1, 0.15) is 12.5 Å². The highest BCUT2D eigenvalue weighted by molar-refractivity contribution is 5.61. The average molecular weight is 234 g/mol. The molecule has 0 fully saturated rings. The van der Waals surface area contributed by atoms with E-state index in [0.717, 1.165) is 24.3 Å². The normalized spacial score (nSPS) is 10.8. The summed E-state index contributed by atoms with van der Waals surface area (Å²) in [4.78, 5) is 3.85. The van der Waals surface area contributed by atoms with E-state index in [9.17, 15) is 4.39 Å². The quantitative estimate of drug-likeness (QED) is 0.876. The summed E-state index contributed by atoms with van der Waals surface area (Å²) in [5.41, 5.74) is 2.53. The zero-order chi connectivity index (χ0) is 12.3. The van der Waals surface area contributed by atoms with E-state index in [1.54, 1.807) is 10.9 Å². The molecule has 17 heavy (non-hydrogen) atoms. The van der Waals surface area contributed by atoms with Gasteiger partial charge >= 0.3 is 0 Å². The van der Waals surface area contributed by atoms with Gasteiger partial charge in [0.25, 0.3) is 0 Å². The second-order valence-electron chi connectivity index (χ2n) is 3.85. The molecule has 0 aliphatic heterocycles. The molecule has 1 N–H and O–H groups in total. The molecule has 4 nitrogen and oxygen atoms in total. The van der Waals surface area contributed by atoms with Crippen molar-refractivity contribution >= 4 is 0 Å². The summed E-state index contributed by atoms with van der Waals surface area (Å²) in [6.07, 6.45) is 4.75. The molecule has 2 aromatic rings. The third-order valence-electron chi connectivity index (χ3n) is 2.45. The van der Waals surface area contributed by atoms with Gasteiger partial charge in [0, 0.05) is 37.1 Å². The van der Waals surface area contributed by atoms with Crippen LogP contribution in [0.4, 0.5) is 4.39 Å². The zero-order valence-corrected chi connectivity index (χ0v) is 9.94. The first-order valence-electron chi connectivity index (χ1n) is 5.55. The van der Waals surface area contributed by atoms with Crippen LogP contribution in [0.3, 0.4) is 0 Å². The van der Waals surface area contributed by atoms with Crippen molar-refractivity contribution in [3.05, 3.63) is 36.0 Å². The number of aromatic nitrogens is 3. The van der Waals surface area contributed by atoms with E-state index >= 15 is 0 Å². The van der Waals surface area contributed by atoms with Crippen LogP contribution in [0.2, 0.25) is 0 Å². The van der Waals surface area contributed by atoms with Crippen LogP contribution in [0.25, 0.3) is 11.3 Å². The van der Waals surface area contributed by atoms with E-state index in [1.165, 1.54) is 12.3 Å². The van der Waals surface area contributed by atoms with Crippen molar-refractivity contribution < 1.29 is 4.39 Å². The molecule has 0 aliphatic carbocycles. The van der Waals surface area contributed by atoms with Crippen molar-refractivity contribution in [3.63, 3.8) is 0 Å². The molecule has 2 heterocycles. The summed E-state index contributed by atoms with van der Waals surface area (Å²) in [6.45, 7) is 3.64. The number of nitrogens with zero attached hydrogens (tertiary/aromatic N) is 3. The number of nitrogens with one attached hydrogen (secondary N) is 1. The fraction of sp³-hybridized carbons (Fsp3) is 0.333. The molecule has 0 aliphatic rings. The third-order valence-corrected chi connectivity index (χ3v) is 2.45. The molecule has 5 heteroatoms. The molecule has 90 valence electrons. The average Bonchev–Trinajstić information content (AvgIpc) is 2.68. The molecule has 0 amide bonds. The lowest BCUT2D eigenvalue weighted by molar-refractivity contribution is 0.621. The Balaban J connectivity index is 2.37. The number of aryl methyl sites for hydroxylation is 1. The monoisotopic (exact) mass is 234 g/mol. The predicted molar refractivity (Wildman–Crippen MR) is 63.8 cm³/mol. The second-order valence-corrected chi connectivity index (χ2v) is 3.85. The summed E-state index contributed by atoms with van der Waals surface area (Å²) in [7, 11) is 1.85. The van der Waals surface area contributed by atoms with Crippen molar-refractivity contribution in [1.82, 2.24) is 20.1 Å². The first-order chi connectivity index (χ1) is 8.20. The maximum atomic E-state index is 13.1. The van der Waals surface area contributed by atoms with Crippen molar-refractivity contribution in [2.24, 2.45) is 7.05 Å². The molecule has 0 unspecified atom stereocenters. The Morgan fingerprint density at radius 2 is 2.24 bits per heavy atom. The molecule has 2 aromatic heterocycles. The molecular formula is C12H15FN4. The minimum atomic E-state index is -0.345. The van der Waals surface area contributed by atoms with Crippen LogP contribution in [-0.2, 0) is 13.6 Å². The number of halogens is 1. The fourth-order valence-corrected chi connectivity index (χ4v) is 1.71. The summed E-state index contributed by atoms with van der Waals surface area (Å²) in [6, 6.07) is 1.45. The Hall–Kier alpha value is -1.75. The van der Waals surface area contributed by atoms with E-state index in [-0.39, 0.29) is 5.82 Å². The Bertz CT molecular complexity index is 507. The summed E-state index contributed by atoms with van der Waals surface area (Å²) in [5.74, 6) is -0.345. The highest BCUT2D eigenvalue weighted by atomic mass is 19.1. The van der Waals surface area contributed by atoms with E-state index in [4.69, 9.17) is 0 Å². The van der Waals surface area contributed by atoms with Crippen LogP contribution >= 0.6 is 0 Å². The molecule has 0 saturated heterocycles. The van der Waals surface area contributed by atoms with Gasteiger partial charge in [0.1, 0.15) is 5.82 Å². The molecule has 2 rings (SSSR count). The van der Waals surface area contributed by atoms with Crippen molar-refractivity contribution in [1.29, 1.82) is 0 Å². The van der Waals surface area contributed by atoms with Crippen LogP contribution in [0.5, 0.6) is 0 Å². The molecular weight excluding hydrogens is 219 g/mol. The maximum Gasteiger partial charge on any atom is 0.142 e. The van der Waals surface area contributed by atoms with Crippen molar-refractivity contribution in [3.8, 4) is 11.3 Å². The molecule has 0 spiro atoms. The summed E-state index contributed by atoms with van der Waals surface area (Å²) >= 11 is 0. The minimum absolute atomic E-state index is 0.345. The minimum Gasteiger partial charge on any atom is -0.313 e. The van der Waals surface area contributed by atoms with E-state index in [2.05, 4.69) is 15.4 Å². The molecule has 0 radical (unpaired) electrons. The van der Waals surface area contributed by atoms with Crippen molar-refractivity contribution in [2.75, 3.05) is 6.54 Å².